The molecule has 2 aromatic heterocycles. The molecule has 0 radical (unpaired) electrons. The third-order valence-corrected chi connectivity index (χ3v) is 12.3. The lowest BCUT2D eigenvalue weighted by Gasteiger charge is -2.43. The second-order valence-corrected chi connectivity index (χ2v) is 16.8. The van der Waals surface area contributed by atoms with Gasteiger partial charge >= 0.3 is 12.2 Å². The van der Waals surface area contributed by atoms with E-state index in [9.17, 15) is 19.2 Å². The third-order valence-electron chi connectivity index (χ3n) is 12.3. The predicted octanol–water partition coefficient (Wildman–Crippen LogP) is 5.22. The number of piperazine rings is 1. The molecule has 0 aliphatic carbocycles. The molecule has 3 amide bonds. The lowest BCUT2D eigenvalue weighted by atomic mass is 9.89. The summed E-state index contributed by atoms with van der Waals surface area (Å²) in [5.74, 6) is -0.0464. The molecule has 14 heteroatoms. The molecule has 14 nitrogen and oxygen atoms in total. The summed E-state index contributed by atoms with van der Waals surface area (Å²) in [6.07, 6.45) is 5.61. The second kappa shape index (κ2) is 17.3. The van der Waals surface area contributed by atoms with Crippen molar-refractivity contribution in [3.63, 3.8) is 0 Å². The second-order valence-electron chi connectivity index (χ2n) is 16.8. The fourth-order valence-electron chi connectivity index (χ4n) is 8.49. The van der Waals surface area contributed by atoms with Crippen LogP contribution in [0.15, 0.2) is 53.5 Å². The Balaban J connectivity index is 1.04. The molecular weight excluding hydrogens is 725 g/mol. The van der Waals surface area contributed by atoms with Crippen molar-refractivity contribution in [2.45, 2.75) is 96.6 Å². The van der Waals surface area contributed by atoms with Gasteiger partial charge in [-0.25, -0.2) is 14.3 Å². The Morgan fingerprint density at radius 1 is 0.930 bits per heavy atom. The number of carbonyl (C=O) groups is 3. The van der Waals surface area contributed by atoms with Gasteiger partial charge in [-0.1, -0.05) is 31.2 Å². The van der Waals surface area contributed by atoms with Crippen molar-refractivity contribution in [3.8, 4) is 0 Å². The molecule has 0 unspecified atom stereocenters. The fraction of sp³-hybridized carbons (Fsp3) is 0.558. The number of nitrogens with one attached hydrogen (secondary N) is 2. The topological polar surface area (TPSA) is 145 Å². The molecule has 2 N–H and O–H groups in total. The minimum atomic E-state index is -0.777. The first kappa shape index (κ1) is 40.3. The predicted molar refractivity (Wildman–Crippen MR) is 219 cm³/mol. The van der Waals surface area contributed by atoms with Gasteiger partial charge in [0.05, 0.1) is 5.52 Å². The number of nitrogens with zero attached hydrogens (tertiary/aromatic N) is 6. The fourth-order valence-corrected chi connectivity index (χ4v) is 8.49. The maximum Gasteiger partial charge on any atom is 0.510 e. The molecule has 0 saturated carbocycles. The van der Waals surface area contributed by atoms with Crippen LogP contribution in [-0.2, 0) is 27.4 Å². The number of fused-ring (bicyclic) bond motifs is 2. The number of para-hydroxylation sites is 1. The minimum Gasteiger partial charge on any atom is -0.428 e. The highest BCUT2D eigenvalue weighted by molar-refractivity contribution is 5.88. The van der Waals surface area contributed by atoms with Gasteiger partial charge in [0.1, 0.15) is 11.6 Å². The van der Waals surface area contributed by atoms with Gasteiger partial charge in [-0.2, -0.15) is 5.10 Å². The zero-order valence-electron chi connectivity index (χ0n) is 34.1. The van der Waals surface area contributed by atoms with Gasteiger partial charge < -0.3 is 34.5 Å². The number of ether oxygens (including phenoxy) is 2. The molecule has 2 aromatic carbocycles. The van der Waals surface area contributed by atoms with E-state index < -0.39 is 17.8 Å². The van der Waals surface area contributed by atoms with E-state index in [2.05, 4.69) is 32.2 Å². The number of pyridine rings is 1. The summed E-state index contributed by atoms with van der Waals surface area (Å²) in [4.78, 5) is 65.3. The highest BCUT2D eigenvalue weighted by atomic mass is 16.7. The van der Waals surface area contributed by atoms with Gasteiger partial charge in [0.15, 0.2) is 6.73 Å². The summed E-state index contributed by atoms with van der Waals surface area (Å²) in [6.45, 7) is 13.5. The largest absolute Gasteiger partial charge is 0.510 e. The first-order valence-corrected chi connectivity index (χ1v) is 20.6. The Labute approximate surface area is 334 Å². The average Bonchev–Trinajstić information content (AvgIpc) is 3.63. The van der Waals surface area contributed by atoms with Crippen molar-refractivity contribution in [2.75, 3.05) is 59.4 Å². The van der Waals surface area contributed by atoms with Gasteiger partial charge in [0.2, 0.25) is 5.91 Å². The van der Waals surface area contributed by atoms with Crippen LogP contribution in [0.5, 0.6) is 0 Å². The smallest absolute Gasteiger partial charge is 0.428 e. The number of piperidine rings is 2. The first-order chi connectivity index (χ1) is 27.4. The number of rotatable bonds is 10. The number of benzene rings is 2. The number of aryl methyl sites for hydroxylation is 1. The van der Waals surface area contributed by atoms with Crippen LogP contribution in [0.1, 0.15) is 75.5 Å². The standard InChI is InChI=1S/C43H58N8O6/c1-6-43(3,4)57-42(55)56-28-51-27-33-24-30(23-29(2)38(33)46-51)25-37(40(53)49-21-19-48(20-22-49)34-13-15-47(5)16-14-34)45-41(54)50-17-11-31(12-18-50)35-26-32-9-7-8-10-36(32)44-39(35)52/h7-10,23-24,26-27,31,34,37H,6,11-22,25,28H2,1-5H3,(H,44,52)(H,45,54)/t37-/m1/s1. The van der Waals surface area contributed by atoms with Crippen molar-refractivity contribution in [3.05, 3.63) is 75.7 Å². The van der Waals surface area contributed by atoms with Gasteiger partial charge in [-0.15, -0.1) is 0 Å². The lowest BCUT2D eigenvalue weighted by Crippen LogP contribution is -2.59. The maximum absolute atomic E-state index is 14.4. The van der Waals surface area contributed by atoms with Gasteiger partial charge in [0, 0.05) is 74.4 Å². The zero-order valence-corrected chi connectivity index (χ0v) is 34.1. The highest BCUT2D eigenvalue weighted by Crippen LogP contribution is 2.28. The molecule has 3 fully saturated rings. The molecular formula is C43H58N8O6. The summed E-state index contributed by atoms with van der Waals surface area (Å²) in [7, 11) is 2.17. The highest BCUT2D eigenvalue weighted by Gasteiger charge is 2.34. The van der Waals surface area contributed by atoms with E-state index in [0.717, 1.165) is 77.5 Å². The van der Waals surface area contributed by atoms with Crippen LogP contribution in [0.3, 0.4) is 0 Å². The molecule has 57 heavy (non-hydrogen) atoms. The normalized spacial score (nSPS) is 18.5. The molecule has 4 aromatic rings. The van der Waals surface area contributed by atoms with Gasteiger partial charge in [0.25, 0.3) is 5.56 Å². The number of hydrogen-bond acceptors (Lipinski definition) is 9. The van der Waals surface area contributed by atoms with Crippen molar-refractivity contribution >= 4 is 39.9 Å². The number of hydrogen-bond donors (Lipinski definition) is 2. The summed E-state index contributed by atoms with van der Waals surface area (Å²) in [6, 6.07) is 13.2. The van der Waals surface area contributed by atoms with E-state index in [1.807, 2.05) is 81.3 Å². The van der Waals surface area contributed by atoms with Crippen LogP contribution in [0.25, 0.3) is 21.8 Å². The summed E-state index contributed by atoms with van der Waals surface area (Å²) >= 11 is 0. The molecule has 0 spiro atoms. The number of urea groups is 1. The molecule has 1 atom stereocenters. The Morgan fingerprint density at radius 2 is 1.65 bits per heavy atom. The van der Waals surface area contributed by atoms with E-state index in [1.54, 1.807) is 9.58 Å². The summed E-state index contributed by atoms with van der Waals surface area (Å²) < 4.78 is 12.3. The van der Waals surface area contributed by atoms with Crippen molar-refractivity contribution < 1.29 is 23.9 Å². The van der Waals surface area contributed by atoms with Crippen molar-refractivity contribution in [1.82, 2.24) is 39.7 Å². The Hall–Kier alpha value is -4.95. The molecule has 3 aliphatic heterocycles. The van der Waals surface area contributed by atoms with E-state index in [0.29, 0.717) is 57.9 Å². The molecule has 306 valence electrons. The van der Waals surface area contributed by atoms with Crippen molar-refractivity contribution in [2.24, 2.45) is 0 Å². The monoisotopic (exact) mass is 782 g/mol. The van der Waals surface area contributed by atoms with Crippen LogP contribution in [0, 0.1) is 6.92 Å². The summed E-state index contributed by atoms with van der Waals surface area (Å²) in [5, 5.41) is 9.62. The SMILES string of the molecule is CCC(C)(C)OC(=O)OCn1cc2cc(C[C@@H](NC(=O)N3CCC(c4cc5ccccc5[nH]c4=O)CC3)C(=O)N3CCN(C4CCN(C)CC4)CC3)cc(C)c2n1. The quantitative estimate of drug-likeness (QED) is 0.207. The molecule has 5 heterocycles. The Bertz CT molecular complexity index is 2120. The molecule has 7 rings (SSSR count). The van der Waals surface area contributed by atoms with Crippen molar-refractivity contribution in [1.29, 1.82) is 0 Å². The van der Waals surface area contributed by atoms with Gasteiger partial charge in [-0.05, 0) is 114 Å². The number of aromatic nitrogens is 3. The van der Waals surface area contributed by atoms with Crippen LogP contribution < -0.4 is 10.9 Å². The van der Waals surface area contributed by atoms with Crippen LogP contribution in [-0.4, -0.2) is 130 Å². The first-order valence-electron chi connectivity index (χ1n) is 20.6. The Morgan fingerprint density at radius 3 is 2.37 bits per heavy atom. The lowest BCUT2D eigenvalue weighted by molar-refractivity contribution is -0.135. The number of likely N-dealkylation sites (tertiary alicyclic amines) is 2. The van der Waals surface area contributed by atoms with E-state index in [1.165, 1.54) is 0 Å². The van der Waals surface area contributed by atoms with E-state index in [-0.39, 0.29) is 30.1 Å². The average molecular weight is 783 g/mol. The number of amides is 3. The van der Waals surface area contributed by atoms with Crippen LogP contribution >= 0.6 is 0 Å². The van der Waals surface area contributed by atoms with E-state index in [4.69, 9.17) is 9.47 Å². The molecule has 0 bridgehead atoms. The molecule has 3 saturated heterocycles. The van der Waals surface area contributed by atoms with Gasteiger partial charge in [-0.3, -0.25) is 14.5 Å². The number of H-pyrrole nitrogens is 1. The van der Waals surface area contributed by atoms with Crippen LogP contribution in [0.2, 0.25) is 0 Å². The number of carbonyl (C=O) groups excluding carboxylic acids is 3. The summed E-state index contributed by atoms with van der Waals surface area (Å²) in [5.41, 5.74) is 3.41. The maximum atomic E-state index is 14.4. The molecule has 3 aliphatic rings. The minimum absolute atomic E-state index is 0.0375. The Kier molecular flexibility index (Phi) is 12.2. The number of aromatic amines is 1. The van der Waals surface area contributed by atoms with Crippen LogP contribution in [0.4, 0.5) is 9.59 Å². The zero-order chi connectivity index (χ0) is 40.3. The third kappa shape index (κ3) is 9.61. The van der Waals surface area contributed by atoms with E-state index >= 15 is 0 Å².